The quantitative estimate of drug-likeness (QED) is 0.636. The maximum absolute atomic E-state index is 12.1. The molecule has 7 heteroatoms. The van der Waals surface area contributed by atoms with E-state index < -0.39 is 10.8 Å². The lowest BCUT2D eigenvalue weighted by molar-refractivity contribution is 0.471. The summed E-state index contributed by atoms with van der Waals surface area (Å²) in [7, 11) is 1.13. The van der Waals surface area contributed by atoms with Gasteiger partial charge in [-0.3, -0.25) is 9.20 Å². The average Bonchev–Trinajstić information content (AvgIpc) is 2.81. The molecule has 0 spiro atoms. The molecule has 22 heavy (non-hydrogen) atoms. The minimum Gasteiger partial charge on any atom is -0.357 e. The van der Waals surface area contributed by atoms with E-state index in [4.69, 9.17) is 0 Å². The average molecular weight is 345 g/mol. The Labute approximate surface area is 140 Å². The summed E-state index contributed by atoms with van der Waals surface area (Å²) < 4.78 is 11.9. The Hall–Kier alpha value is -0.950. The van der Waals surface area contributed by atoms with Crippen molar-refractivity contribution in [3.8, 4) is 0 Å². The van der Waals surface area contributed by atoms with Crippen LogP contribution in [0.1, 0.15) is 38.4 Å². The molecule has 0 radical (unpaired) electrons. The van der Waals surface area contributed by atoms with Crippen LogP contribution in [0.4, 0.5) is 0 Å². The second kappa shape index (κ2) is 8.62. The minimum atomic E-state index is -0.870. The lowest BCUT2D eigenvalue weighted by Crippen LogP contribution is -2.39. The van der Waals surface area contributed by atoms with E-state index in [-0.39, 0.29) is 4.75 Å². The molecule has 1 aromatic heterocycles. The molecule has 0 aromatic carbocycles. The molecule has 1 N–H and O–H groups in total. The maximum atomic E-state index is 12.1. The number of hydrogen-bond acceptors (Lipinski definition) is 4. The first-order valence-electron chi connectivity index (χ1n) is 7.53. The van der Waals surface area contributed by atoms with Crippen molar-refractivity contribution in [1.29, 1.82) is 0 Å². The molecule has 1 unspecified atom stereocenters. The van der Waals surface area contributed by atoms with Crippen molar-refractivity contribution in [2.75, 3.05) is 25.9 Å². The fourth-order valence-corrected chi connectivity index (χ4v) is 3.28. The predicted octanol–water partition coefficient (Wildman–Crippen LogP) is 2.40. The van der Waals surface area contributed by atoms with Crippen LogP contribution in [0.15, 0.2) is 10.4 Å². The van der Waals surface area contributed by atoms with Gasteiger partial charge in [0, 0.05) is 40.3 Å². The third-order valence-electron chi connectivity index (χ3n) is 2.98. The number of nitrogens with one attached hydrogen (secondary N) is 1. The van der Waals surface area contributed by atoms with E-state index in [0.717, 1.165) is 29.8 Å². The molecular formula is C15H28N4OS2. The zero-order valence-corrected chi connectivity index (χ0v) is 16.1. The lowest BCUT2D eigenvalue weighted by atomic mass is 10.3. The van der Waals surface area contributed by atoms with Gasteiger partial charge in [0.2, 0.25) is 0 Å². The molecule has 1 atom stereocenters. The van der Waals surface area contributed by atoms with Crippen LogP contribution in [-0.2, 0) is 17.3 Å². The Morgan fingerprint density at radius 3 is 2.68 bits per heavy atom. The van der Waals surface area contributed by atoms with Crippen LogP contribution in [0.2, 0.25) is 0 Å². The van der Waals surface area contributed by atoms with Crippen molar-refractivity contribution < 1.29 is 4.21 Å². The molecule has 0 aliphatic heterocycles. The fourth-order valence-electron chi connectivity index (χ4n) is 1.81. The molecule has 1 heterocycles. The fraction of sp³-hybridized carbons (Fsp3) is 0.733. The zero-order chi connectivity index (χ0) is 16.8. The van der Waals surface area contributed by atoms with Crippen LogP contribution in [0.25, 0.3) is 0 Å². The van der Waals surface area contributed by atoms with E-state index in [0.29, 0.717) is 12.3 Å². The smallest absolute Gasteiger partial charge is 0.194 e. The number of rotatable bonds is 6. The number of guanidine groups is 1. The van der Waals surface area contributed by atoms with Crippen molar-refractivity contribution in [2.45, 2.75) is 45.9 Å². The molecule has 1 aromatic rings. The Morgan fingerprint density at radius 1 is 1.50 bits per heavy atom. The molecule has 1 rings (SSSR count). The monoisotopic (exact) mass is 344 g/mol. The summed E-state index contributed by atoms with van der Waals surface area (Å²) in [5.74, 6) is 1.42. The Bertz CT molecular complexity index is 520. The maximum Gasteiger partial charge on any atom is 0.194 e. The van der Waals surface area contributed by atoms with Crippen LogP contribution in [0.3, 0.4) is 0 Å². The number of aryl methyl sites for hydroxylation is 1. The molecule has 5 nitrogen and oxygen atoms in total. The summed E-state index contributed by atoms with van der Waals surface area (Å²) >= 11 is 1.66. The second-order valence-electron chi connectivity index (χ2n) is 6.11. The third-order valence-corrected chi connectivity index (χ3v) is 5.73. The SMILES string of the molecule is CCNC(=NCCS(=O)C(C)(C)C)N(C)Cc1csc(C)n1. The van der Waals surface area contributed by atoms with Crippen LogP contribution in [0, 0.1) is 6.92 Å². The normalized spacial score (nSPS) is 14.0. The molecule has 126 valence electrons. The van der Waals surface area contributed by atoms with Crippen molar-refractivity contribution in [2.24, 2.45) is 4.99 Å². The van der Waals surface area contributed by atoms with Crippen LogP contribution >= 0.6 is 11.3 Å². The first kappa shape index (κ1) is 19.1. The van der Waals surface area contributed by atoms with Gasteiger partial charge in [-0.15, -0.1) is 11.3 Å². The van der Waals surface area contributed by atoms with Gasteiger partial charge in [-0.05, 0) is 34.6 Å². The molecule has 0 saturated heterocycles. The Balaban J connectivity index is 2.63. The van der Waals surface area contributed by atoms with E-state index in [1.807, 2.05) is 41.7 Å². The van der Waals surface area contributed by atoms with Crippen molar-refractivity contribution in [1.82, 2.24) is 15.2 Å². The van der Waals surface area contributed by atoms with E-state index >= 15 is 0 Å². The van der Waals surface area contributed by atoms with Gasteiger partial charge in [0.25, 0.3) is 0 Å². The van der Waals surface area contributed by atoms with Gasteiger partial charge < -0.3 is 10.2 Å². The van der Waals surface area contributed by atoms with Gasteiger partial charge >= 0.3 is 0 Å². The highest BCUT2D eigenvalue weighted by molar-refractivity contribution is 7.86. The number of aliphatic imine (C=N–C) groups is 1. The van der Waals surface area contributed by atoms with E-state index in [1.54, 1.807) is 11.3 Å². The highest BCUT2D eigenvalue weighted by Crippen LogP contribution is 2.11. The summed E-state index contributed by atoms with van der Waals surface area (Å²) in [4.78, 5) is 11.1. The summed E-state index contributed by atoms with van der Waals surface area (Å²) in [6.45, 7) is 12.1. The Kier molecular flexibility index (Phi) is 7.48. The molecule has 0 fully saturated rings. The molecule has 0 saturated carbocycles. The predicted molar refractivity (Wildman–Crippen MR) is 97.1 cm³/mol. The van der Waals surface area contributed by atoms with Gasteiger partial charge in [0.15, 0.2) is 5.96 Å². The number of hydrogen-bond donors (Lipinski definition) is 1. The highest BCUT2D eigenvalue weighted by Gasteiger charge is 2.18. The van der Waals surface area contributed by atoms with Crippen molar-refractivity contribution in [3.05, 3.63) is 16.1 Å². The summed E-state index contributed by atoms with van der Waals surface area (Å²) in [5.41, 5.74) is 1.05. The van der Waals surface area contributed by atoms with Gasteiger partial charge in [0.05, 0.1) is 23.8 Å². The van der Waals surface area contributed by atoms with Crippen molar-refractivity contribution >= 4 is 28.1 Å². The topological polar surface area (TPSA) is 57.6 Å². The van der Waals surface area contributed by atoms with Gasteiger partial charge in [-0.1, -0.05) is 0 Å². The summed E-state index contributed by atoms with van der Waals surface area (Å²) in [6, 6.07) is 0. The van der Waals surface area contributed by atoms with Gasteiger partial charge in [-0.25, -0.2) is 4.98 Å². The van der Waals surface area contributed by atoms with Crippen LogP contribution < -0.4 is 5.32 Å². The lowest BCUT2D eigenvalue weighted by Gasteiger charge is -2.21. The highest BCUT2D eigenvalue weighted by atomic mass is 32.2. The van der Waals surface area contributed by atoms with Crippen LogP contribution in [-0.4, -0.2) is 50.7 Å². The van der Waals surface area contributed by atoms with Crippen molar-refractivity contribution in [3.63, 3.8) is 0 Å². The van der Waals surface area contributed by atoms with E-state index in [9.17, 15) is 4.21 Å². The molecule has 0 bridgehead atoms. The largest absolute Gasteiger partial charge is 0.357 e. The van der Waals surface area contributed by atoms with Gasteiger partial charge in [0.1, 0.15) is 0 Å². The third kappa shape index (κ3) is 6.44. The number of aromatic nitrogens is 1. The minimum absolute atomic E-state index is 0.183. The zero-order valence-electron chi connectivity index (χ0n) is 14.5. The summed E-state index contributed by atoms with van der Waals surface area (Å²) in [6.07, 6.45) is 0. The Morgan fingerprint density at radius 2 is 2.18 bits per heavy atom. The first-order chi connectivity index (χ1) is 10.2. The molecular weight excluding hydrogens is 316 g/mol. The molecule has 0 aliphatic carbocycles. The summed E-state index contributed by atoms with van der Waals surface area (Å²) in [5, 5.41) is 6.42. The van der Waals surface area contributed by atoms with E-state index in [1.165, 1.54) is 0 Å². The number of thiazole rings is 1. The first-order valence-corrected chi connectivity index (χ1v) is 9.72. The van der Waals surface area contributed by atoms with Crippen LogP contribution in [0.5, 0.6) is 0 Å². The standard InChI is InChI=1S/C15H28N4OS2/c1-7-16-14(17-8-9-22(20)15(3,4)5)19(6)10-13-11-21-12(2)18-13/h11H,7-10H2,1-6H3,(H,16,17). The molecule has 0 amide bonds. The second-order valence-corrected chi connectivity index (χ2v) is 9.50. The van der Waals surface area contributed by atoms with E-state index in [2.05, 4.69) is 25.6 Å². The van der Waals surface area contributed by atoms with Gasteiger partial charge in [-0.2, -0.15) is 0 Å². The molecule has 0 aliphatic rings. The number of nitrogens with zero attached hydrogens (tertiary/aromatic N) is 3.